The molecule has 2 aromatic heterocycles. The second kappa shape index (κ2) is 26.8. The highest BCUT2D eigenvalue weighted by molar-refractivity contribution is 8.78. The van der Waals surface area contributed by atoms with E-state index in [2.05, 4.69) is 67.6 Å². The molecule has 31 heteroatoms. The number of phenols is 2. The van der Waals surface area contributed by atoms with Gasteiger partial charge < -0.3 is 79.0 Å². The fourth-order valence-corrected chi connectivity index (χ4v) is 10.8. The van der Waals surface area contributed by atoms with Crippen molar-refractivity contribution in [1.82, 2.24) is 41.2 Å². The number of primary amides is 1. The van der Waals surface area contributed by atoms with Crippen LogP contribution in [0, 0.1) is 29.9 Å². The second-order valence-corrected chi connectivity index (χ2v) is 21.2. The van der Waals surface area contributed by atoms with Crippen LogP contribution in [-0.4, -0.2) is 155 Å². The molecule has 3 aliphatic rings. The van der Waals surface area contributed by atoms with Crippen LogP contribution in [0.3, 0.4) is 0 Å². The van der Waals surface area contributed by atoms with E-state index in [0.717, 1.165) is 34.4 Å². The van der Waals surface area contributed by atoms with Gasteiger partial charge in [0.2, 0.25) is 23.7 Å². The molecular formula is C50H58N14O15S2. The number of carbonyl (C=O) groups excluding carboxylic acids is 5. The molecular weight excluding hydrogens is 1100 g/mol. The number of rotatable bonds is 26. The molecule has 2 aromatic carbocycles. The third-order valence-electron chi connectivity index (χ3n) is 13.8. The molecule has 4 aromatic rings. The molecule has 0 spiro atoms. The van der Waals surface area contributed by atoms with Crippen LogP contribution in [0.1, 0.15) is 78.0 Å². The van der Waals surface area contributed by atoms with Crippen molar-refractivity contribution >= 4 is 110 Å². The highest BCUT2D eigenvalue weighted by Crippen LogP contribution is 2.62. The van der Waals surface area contributed by atoms with Gasteiger partial charge >= 0.3 is 24.0 Å². The summed E-state index contributed by atoms with van der Waals surface area (Å²) in [6, 6.07) is -0.324. The number of fused-ring (bicyclic) bond motifs is 6. The van der Waals surface area contributed by atoms with Crippen molar-refractivity contribution in [3.8, 4) is 22.7 Å². The normalized spacial score (nSPS) is 18.1. The van der Waals surface area contributed by atoms with Gasteiger partial charge in [-0.05, 0) is 91.2 Å². The first-order valence-corrected chi connectivity index (χ1v) is 27.5. The number of aromatic amines is 1. The van der Waals surface area contributed by atoms with E-state index in [1.807, 2.05) is 0 Å². The first kappa shape index (κ1) is 59.8. The molecule has 4 heterocycles. The Morgan fingerprint density at radius 2 is 1.69 bits per heavy atom. The number of amides is 5. The predicted molar refractivity (Wildman–Crippen MR) is 294 cm³/mol. The third kappa shape index (κ3) is 14.9. The van der Waals surface area contributed by atoms with E-state index in [4.69, 9.17) is 21.9 Å². The second-order valence-electron chi connectivity index (χ2n) is 19.1. The summed E-state index contributed by atoms with van der Waals surface area (Å²) in [6.45, 7) is 2.18. The molecule has 2 aliphatic heterocycles. The van der Waals surface area contributed by atoms with Crippen molar-refractivity contribution in [3.05, 3.63) is 63.2 Å². The molecule has 1 aliphatic carbocycles. The molecule has 0 radical (unpaired) electrons. The number of hydrogen-bond acceptors (Lipinski definition) is 22. The monoisotopic (exact) mass is 1160 g/mol. The van der Waals surface area contributed by atoms with Gasteiger partial charge in [0.25, 0.3) is 11.5 Å². The number of anilines is 3. The smallest absolute Gasteiger partial charge is 0.404 e. The van der Waals surface area contributed by atoms with Crippen molar-refractivity contribution in [1.29, 1.82) is 0 Å². The minimum atomic E-state index is -1.80. The first-order chi connectivity index (χ1) is 38.6. The number of nitrogens with one attached hydrogen (secondary N) is 6. The fourth-order valence-electron chi connectivity index (χ4n) is 9.66. The van der Waals surface area contributed by atoms with Crippen molar-refractivity contribution in [2.75, 3.05) is 41.4 Å². The lowest BCUT2D eigenvalue weighted by Crippen LogP contribution is -2.54. The van der Waals surface area contributed by atoms with E-state index in [-0.39, 0.29) is 90.6 Å². The molecule has 7 rings (SSSR count). The minimum Gasteiger partial charge on any atom is -0.505 e. The van der Waals surface area contributed by atoms with E-state index in [0.29, 0.717) is 46.6 Å². The van der Waals surface area contributed by atoms with Gasteiger partial charge in [0.1, 0.15) is 35.9 Å². The molecule has 0 bridgehead atoms. The quantitative estimate of drug-likeness (QED) is 0.0134. The van der Waals surface area contributed by atoms with Crippen LogP contribution >= 0.6 is 21.6 Å². The molecule has 1 saturated heterocycles. The van der Waals surface area contributed by atoms with E-state index in [1.54, 1.807) is 19.1 Å². The molecule has 8 unspecified atom stereocenters. The van der Waals surface area contributed by atoms with E-state index >= 15 is 0 Å². The van der Waals surface area contributed by atoms with Gasteiger partial charge in [-0.1, -0.05) is 16.7 Å². The minimum absolute atomic E-state index is 0.0000232. The van der Waals surface area contributed by atoms with Crippen LogP contribution in [0.5, 0.6) is 11.5 Å². The molecule has 2 fully saturated rings. The van der Waals surface area contributed by atoms with E-state index in [9.17, 15) is 68.7 Å². The number of aliphatic carboxylic acids is 3. The summed E-state index contributed by atoms with van der Waals surface area (Å²) in [4.78, 5) is 132. The number of aliphatic imine (C=N–C) groups is 1. The number of nitrogen functional groups attached to an aromatic ring is 1. The maximum Gasteiger partial charge on any atom is 0.404 e. The molecule has 17 N–H and O–H groups in total. The lowest BCUT2D eigenvalue weighted by Gasteiger charge is -2.35. The topological polar surface area (TPSA) is 472 Å². The number of nitrogens with two attached hydrogens (primary N) is 3. The van der Waals surface area contributed by atoms with Gasteiger partial charge in [0.15, 0.2) is 17.2 Å². The Hall–Kier alpha value is -8.89. The standard InChI is InChI=1S/C50H58N14O15S2/c1-22-36(41(69)35-28(21-79-50(53)78)38-27-7-4-24(27)20-64(38)39(35)40(22)68)55-15-17-81-80-16-13-32(48(76)77)61-45(72)30(9-11-34(66)67)59-44(71)29(51)12-14-54-33(65)10-8-31(47(74)75)60-43(70)23-2-5-25(6-3-23)56-18-26-19-57-42-37(58-26)46(73)63-49(52)62-42/h2-3,5-6,15,19,24,27-32,38,56,68-69H,4,7-12,14,17-18,20-21,51H2,1H3,(H2,53,78)(H,54,65)(H,59,71)(H,60,70)(H,61,72)(H,66,67)(H,74,75)(H,76,77)(H3,52,57,62,63,73). The fraction of sp³-hybridized carbons (Fsp3) is 0.420. The Kier molecular flexibility index (Phi) is 19.8. The van der Waals surface area contributed by atoms with Gasteiger partial charge in [0.05, 0.1) is 30.2 Å². The lowest BCUT2D eigenvalue weighted by atomic mass is 9.69. The Labute approximate surface area is 467 Å². The summed E-state index contributed by atoms with van der Waals surface area (Å²) in [7, 11) is 2.01. The number of H-pyrrole nitrogens is 1. The highest BCUT2D eigenvalue weighted by Gasteiger charge is 2.56. The molecule has 1 saturated carbocycles. The van der Waals surface area contributed by atoms with Crippen LogP contribution in [0.15, 0.2) is 40.2 Å². The molecule has 29 nitrogen and oxygen atoms in total. The number of benzene rings is 2. The average molecular weight is 1160 g/mol. The SMILES string of the molecule is Cc1c(O)c2c(c(O)c1N=CCSSC#CC(NC(=O)C(CCC(=O)O)NC(=O)C(N)CCNC(=O)CCC(NC(=O)c1ccc(NCc3cnc4nc(N)[nH]c(=O)c4n3)cc1)C(=O)O)C(=O)O)C(COC(N)=O)C1C3CCC3CN21. The van der Waals surface area contributed by atoms with Gasteiger partial charge in [-0.25, -0.2) is 24.4 Å². The molecule has 8 atom stereocenters. The third-order valence-corrected chi connectivity index (χ3v) is 15.4. The van der Waals surface area contributed by atoms with Crippen molar-refractivity contribution in [3.63, 3.8) is 0 Å². The van der Waals surface area contributed by atoms with Crippen molar-refractivity contribution in [2.45, 2.75) is 94.5 Å². The zero-order valence-electron chi connectivity index (χ0n) is 43.2. The summed E-state index contributed by atoms with van der Waals surface area (Å²) < 4.78 is 5.19. The number of aromatic hydroxyl groups is 2. The maximum absolute atomic E-state index is 13.3. The Balaban J connectivity index is 0.836. The van der Waals surface area contributed by atoms with Crippen LogP contribution < -0.4 is 54.2 Å². The number of aromatic nitrogens is 4. The van der Waals surface area contributed by atoms with Gasteiger partial charge in [-0.15, -0.1) is 0 Å². The van der Waals surface area contributed by atoms with Crippen LogP contribution in [0.4, 0.5) is 27.8 Å². The summed E-state index contributed by atoms with van der Waals surface area (Å²) in [5.74, 6) is -5.15. The number of carboxylic acid groups (broad SMARTS) is 3. The molecule has 430 valence electrons. The van der Waals surface area contributed by atoms with Gasteiger partial charge in [-0.3, -0.25) is 38.7 Å². The Morgan fingerprint density at radius 1 is 0.951 bits per heavy atom. The van der Waals surface area contributed by atoms with E-state index in [1.165, 1.54) is 24.5 Å². The summed E-state index contributed by atoms with van der Waals surface area (Å²) >= 11 is 0. The number of nitrogens with zero attached hydrogens (tertiary/aromatic N) is 5. The summed E-state index contributed by atoms with van der Waals surface area (Å²) in [6.07, 6.45) is 1.96. The molecule has 81 heavy (non-hydrogen) atoms. The number of carbonyl (C=O) groups is 8. The summed E-state index contributed by atoms with van der Waals surface area (Å²) in [5, 5.41) is 66.8. The first-order valence-electron chi connectivity index (χ1n) is 25.2. The maximum atomic E-state index is 13.3. The Morgan fingerprint density at radius 3 is 2.37 bits per heavy atom. The highest BCUT2D eigenvalue weighted by atomic mass is 33.1. The van der Waals surface area contributed by atoms with Crippen molar-refractivity contribution in [2.24, 2.45) is 28.3 Å². The predicted octanol–water partition coefficient (Wildman–Crippen LogP) is 0.495. The largest absolute Gasteiger partial charge is 0.505 e. The summed E-state index contributed by atoms with van der Waals surface area (Å²) in [5.41, 5.74) is 18.8. The lowest BCUT2D eigenvalue weighted by molar-refractivity contribution is -0.141. The Bertz CT molecular complexity index is 3260. The van der Waals surface area contributed by atoms with Gasteiger partial charge in [-0.2, -0.15) is 4.98 Å². The van der Waals surface area contributed by atoms with Crippen LogP contribution in [-0.2, 0) is 40.0 Å². The number of phenolic OH excluding ortho intramolecular Hbond substituents is 2. The zero-order valence-corrected chi connectivity index (χ0v) is 44.8. The average Bonchev–Trinajstić information content (AvgIpc) is 3.36. The number of hydrogen-bond donors (Lipinski definition) is 14. The van der Waals surface area contributed by atoms with E-state index < -0.39 is 96.1 Å². The van der Waals surface area contributed by atoms with Crippen molar-refractivity contribution < 1.29 is 68.6 Å². The zero-order chi connectivity index (χ0) is 58.7. The molecule has 5 amide bonds. The van der Waals surface area contributed by atoms with Crippen LogP contribution in [0.25, 0.3) is 11.2 Å². The van der Waals surface area contributed by atoms with Crippen LogP contribution in [0.2, 0.25) is 0 Å². The van der Waals surface area contributed by atoms with Gasteiger partial charge in [0, 0.05) is 72.2 Å². The number of ether oxygens (including phenoxy) is 1. The number of carboxylic acids is 3.